The van der Waals surface area contributed by atoms with Crippen LogP contribution in [-0.4, -0.2) is 46.7 Å². The number of nitriles is 1. The molecule has 0 aromatic heterocycles. The van der Waals surface area contributed by atoms with Gasteiger partial charge in [-0.25, -0.2) is 0 Å². The molecule has 21 heavy (non-hydrogen) atoms. The van der Waals surface area contributed by atoms with Crippen molar-refractivity contribution in [2.24, 2.45) is 5.92 Å². The van der Waals surface area contributed by atoms with Crippen LogP contribution >= 0.6 is 0 Å². The third-order valence-electron chi connectivity index (χ3n) is 5.15. The highest BCUT2D eigenvalue weighted by molar-refractivity contribution is 5.82. The Morgan fingerprint density at radius 3 is 2.57 bits per heavy atom. The number of likely N-dealkylation sites (tertiary alicyclic amines) is 1. The highest BCUT2D eigenvalue weighted by Gasteiger charge is 2.37. The molecule has 5 heteroatoms. The SMILES string of the molecule is CC(O)C1CCN(C(C)C(=O)NC2(C#N)CCCCC2)C1. The van der Waals surface area contributed by atoms with Crippen LogP contribution in [0.4, 0.5) is 0 Å². The van der Waals surface area contributed by atoms with Gasteiger partial charge in [0.25, 0.3) is 0 Å². The van der Waals surface area contributed by atoms with Gasteiger partial charge in [0, 0.05) is 6.54 Å². The summed E-state index contributed by atoms with van der Waals surface area (Å²) in [6, 6.07) is 2.10. The molecule has 1 aliphatic heterocycles. The summed E-state index contributed by atoms with van der Waals surface area (Å²) in [5.74, 6) is 0.199. The Balaban J connectivity index is 1.92. The van der Waals surface area contributed by atoms with Gasteiger partial charge in [0.1, 0.15) is 5.54 Å². The van der Waals surface area contributed by atoms with Crippen molar-refractivity contribution < 1.29 is 9.90 Å². The van der Waals surface area contributed by atoms with Crippen LogP contribution in [0.15, 0.2) is 0 Å². The average molecular weight is 293 g/mol. The molecule has 2 fully saturated rings. The molecule has 1 heterocycles. The van der Waals surface area contributed by atoms with E-state index in [0.29, 0.717) is 0 Å². The fourth-order valence-electron chi connectivity index (χ4n) is 3.49. The summed E-state index contributed by atoms with van der Waals surface area (Å²) in [6.45, 7) is 5.30. The molecule has 118 valence electrons. The minimum atomic E-state index is -0.660. The first-order chi connectivity index (χ1) is 9.97. The van der Waals surface area contributed by atoms with Gasteiger partial charge >= 0.3 is 0 Å². The van der Waals surface area contributed by atoms with Gasteiger partial charge in [-0.05, 0) is 45.6 Å². The summed E-state index contributed by atoms with van der Waals surface area (Å²) in [6.07, 6.45) is 5.30. The second-order valence-corrected chi connectivity index (χ2v) is 6.70. The van der Waals surface area contributed by atoms with Crippen molar-refractivity contribution >= 4 is 5.91 Å². The molecule has 0 bridgehead atoms. The zero-order valence-electron chi connectivity index (χ0n) is 13.1. The summed E-state index contributed by atoms with van der Waals surface area (Å²) in [7, 11) is 0. The molecule has 5 nitrogen and oxygen atoms in total. The molecule has 2 rings (SSSR count). The van der Waals surface area contributed by atoms with Gasteiger partial charge < -0.3 is 10.4 Å². The number of aliphatic hydroxyl groups excluding tert-OH is 1. The molecule has 1 amide bonds. The Hall–Kier alpha value is -1.12. The summed E-state index contributed by atoms with van der Waals surface area (Å²) in [5.41, 5.74) is -0.660. The van der Waals surface area contributed by atoms with Crippen molar-refractivity contribution in [3.8, 4) is 6.07 Å². The number of rotatable bonds is 4. The second-order valence-electron chi connectivity index (χ2n) is 6.70. The van der Waals surface area contributed by atoms with E-state index < -0.39 is 5.54 Å². The Kier molecular flexibility index (Phi) is 5.23. The highest BCUT2D eigenvalue weighted by atomic mass is 16.3. The van der Waals surface area contributed by atoms with E-state index in [4.69, 9.17) is 0 Å². The van der Waals surface area contributed by atoms with Gasteiger partial charge in [-0.3, -0.25) is 9.69 Å². The molecule has 0 aromatic carbocycles. The van der Waals surface area contributed by atoms with Crippen molar-refractivity contribution in [3.05, 3.63) is 0 Å². The van der Waals surface area contributed by atoms with Crippen LogP contribution in [0.25, 0.3) is 0 Å². The molecule has 0 aromatic rings. The van der Waals surface area contributed by atoms with Crippen LogP contribution in [0.2, 0.25) is 0 Å². The van der Waals surface area contributed by atoms with Crippen LogP contribution in [0.5, 0.6) is 0 Å². The number of hydrogen-bond acceptors (Lipinski definition) is 4. The lowest BCUT2D eigenvalue weighted by atomic mass is 9.82. The average Bonchev–Trinajstić information content (AvgIpc) is 2.97. The van der Waals surface area contributed by atoms with E-state index in [1.807, 2.05) is 13.8 Å². The number of carbonyl (C=O) groups is 1. The molecule has 2 N–H and O–H groups in total. The first-order valence-corrected chi connectivity index (χ1v) is 8.13. The van der Waals surface area contributed by atoms with Crippen molar-refractivity contribution in [2.75, 3.05) is 13.1 Å². The number of nitrogens with zero attached hydrogens (tertiary/aromatic N) is 2. The van der Waals surface area contributed by atoms with E-state index in [2.05, 4.69) is 16.3 Å². The van der Waals surface area contributed by atoms with Gasteiger partial charge in [0.2, 0.25) is 5.91 Å². The Bertz CT molecular complexity index is 410. The van der Waals surface area contributed by atoms with Crippen molar-refractivity contribution in [1.82, 2.24) is 10.2 Å². The fourth-order valence-corrected chi connectivity index (χ4v) is 3.49. The topological polar surface area (TPSA) is 76.4 Å². The number of amides is 1. The Labute approximate surface area is 127 Å². The van der Waals surface area contributed by atoms with Crippen molar-refractivity contribution in [2.45, 2.75) is 70.1 Å². The Morgan fingerprint density at radius 1 is 1.38 bits per heavy atom. The lowest BCUT2D eigenvalue weighted by Crippen LogP contribution is -2.54. The van der Waals surface area contributed by atoms with Crippen LogP contribution in [0.1, 0.15) is 52.4 Å². The standard InChI is InChI=1S/C16H27N3O2/c1-12(19-9-6-14(10-19)13(2)20)15(21)18-16(11-17)7-4-3-5-8-16/h12-14,20H,3-10H2,1-2H3,(H,18,21). The first-order valence-electron chi connectivity index (χ1n) is 8.13. The molecule has 1 aliphatic carbocycles. The van der Waals surface area contributed by atoms with Gasteiger partial charge in [0.05, 0.1) is 18.2 Å². The maximum absolute atomic E-state index is 12.5. The van der Waals surface area contributed by atoms with Gasteiger partial charge in [-0.2, -0.15) is 5.26 Å². The van der Waals surface area contributed by atoms with E-state index >= 15 is 0 Å². The maximum atomic E-state index is 12.5. The third-order valence-corrected chi connectivity index (χ3v) is 5.15. The number of hydrogen-bond donors (Lipinski definition) is 2. The van der Waals surface area contributed by atoms with E-state index in [9.17, 15) is 15.2 Å². The van der Waals surface area contributed by atoms with Gasteiger partial charge in [-0.15, -0.1) is 0 Å². The number of aliphatic hydroxyl groups is 1. The lowest BCUT2D eigenvalue weighted by Gasteiger charge is -2.34. The highest BCUT2D eigenvalue weighted by Crippen LogP contribution is 2.28. The van der Waals surface area contributed by atoms with E-state index in [-0.39, 0.29) is 24.0 Å². The predicted molar refractivity (Wildman–Crippen MR) is 80.4 cm³/mol. The van der Waals surface area contributed by atoms with E-state index in [1.165, 1.54) is 0 Å². The quantitative estimate of drug-likeness (QED) is 0.822. The molecule has 2 aliphatic rings. The molecule has 1 saturated heterocycles. The summed E-state index contributed by atoms with van der Waals surface area (Å²) >= 11 is 0. The normalized spacial score (nSPS) is 28.6. The fraction of sp³-hybridized carbons (Fsp3) is 0.875. The van der Waals surface area contributed by atoms with E-state index in [1.54, 1.807) is 0 Å². The van der Waals surface area contributed by atoms with E-state index in [0.717, 1.165) is 51.6 Å². The molecular formula is C16H27N3O2. The van der Waals surface area contributed by atoms with Gasteiger partial charge in [-0.1, -0.05) is 19.3 Å². The van der Waals surface area contributed by atoms with Crippen LogP contribution in [0, 0.1) is 17.2 Å². The van der Waals surface area contributed by atoms with Crippen molar-refractivity contribution in [1.29, 1.82) is 5.26 Å². The minimum Gasteiger partial charge on any atom is -0.393 e. The second kappa shape index (κ2) is 6.76. The predicted octanol–water partition coefficient (Wildman–Crippen LogP) is 1.42. The lowest BCUT2D eigenvalue weighted by molar-refractivity contribution is -0.127. The molecule has 3 atom stereocenters. The smallest absolute Gasteiger partial charge is 0.238 e. The largest absolute Gasteiger partial charge is 0.393 e. The van der Waals surface area contributed by atoms with Crippen LogP contribution in [-0.2, 0) is 4.79 Å². The summed E-state index contributed by atoms with van der Waals surface area (Å²) in [5, 5.41) is 22.1. The monoisotopic (exact) mass is 293 g/mol. The maximum Gasteiger partial charge on any atom is 0.238 e. The van der Waals surface area contributed by atoms with Crippen LogP contribution < -0.4 is 5.32 Å². The number of carbonyl (C=O) groups excluding carboxylic acids is 1. The zero-order valence-corrected chi connectivity index (χ0v) is 13.1. The van der Waals surface area contributed by atoms with Crippen LogP contribution in [0.3, 0.4) is 0 Å². The minimum absolute atomic E-state index is 0.0512. The third kappa shape index (κ3) is 3.75. The molecule has 1 saturated carbocycles. The van der Waals surface area contributed by atoms with Crippen molar-refractivity contribution in [3.63, 3.8) is 0 Å². The molecule has 0 spiro atoms. The molecular weight excluding hydrogens is 266 g/mol. The first kappa shape index (κ1) is 16.3. The zero-order chi connectivity index (χ0) is 15.5. The molecule has 0 radical (unpaired) electrons. The summed E-state index contributed by atoms with van der Waals surface area (Å²) < 4.78 is 0. The number of nitrogens with one attached hydrogen (secondary N) is 1. The summed E-state index contributed by atoms with van der Waals surface area (Å²) in [4.78, 5) is 14.6. The molecule has 3 unspecified atom stereocenters. The Morgan fingerprint density at radius 2 is 2.05 bits per heavy atom. The van der Waals surface area contributed by atoms with Gasteiger partial charge in [0.15, 0.2) is 0 Å².